The molecule has 3 heterocycles. The minimum atomic E-state index is -1.57. The van der Waals surface area contributed by atoms with Crippen molar-refractivity contribution in [3.05, 3.63) is 0 Å². The van der Waals surface area contributed by atoms with Crippen molar-refractivity contribution in [1.29, 1.82) is 0 Å². The molecule has 5 aliphatic rings. The van der Waals surface area contributed by atoms with Crippen molar-refractivity contribution in [2.24, 2.45) is 23.7 Å². The van der Waals surface area contributed by atoms with Crippen molar-refractivity contribution in [2.75, 3.05) is 13.2 Å². The van der Waals surface area contributed by atoms with Gasteiger partial charge in [0.1, 0.15) is 47.8 Å². The molecule has 62 heavy (non-hydrogen) atoms. The molecular weight excluding hydrogens is 807 g/mol. The molecular formula is C45H77N3O14. The van der Waals surface area contributed by atoms with E-state index in [4.69, 9.17) is 42.6 Å². The minimum Gasteiger partial charge on any atom is -0.458 e. The van der Waals surface area contributed by atoms with Gasteiger partial charge in [0.2, 0.25) is 5.91 Å². The zero-order chi connectivity index (χ0) is 45.7. The van der Waals surface area contributed by atoms with Gasteiger partial charge in [-0.2, -0.15) is 0 Å². The molecule has 356 valence electrons. The molecule has 1 spiro atoms. The van der Waals surface area contributed by atoms with E-state index in [9.17, 15) is 24.3 Å². The minimum absolute atomic E-state index is 0.0552. The van der Waals surface area contributed by atoms with Crippen molar-refractivity contribution in [1.82, 2.24) is 16.0 Å². The first-order valence-corrected chi connectivity index (χ1v) is 23.1. The zero-order valence-corrected chi connectivity index (χ0v) is 39.2. The molecule has 0 aromatic rings. The fourth-order valence-electron chi connectivity index (χ4n) is 9.24. The summed E-state index contributed by atoms with van der Waals surface area (Å²) in [6.07, 6.45) is -2.70. The number of hydrogen-bond acceptors (Lipinski definition) is 14. The van der Waals surface area contributed by atoms with E-state index in [0.29, 0.717) is 25.9 Å². The van der Waals surface area contributed by atoms with Crippen LogP contribution in [0.3, 0.4) is 0 Å². The van der Waals surface area contributed by atoms with Crippen molar-refractivity contribution >= 4 is 24.1 Å². The molecule has 2 saturated carbocycles. The monoisotopic (exact) mass is 884 g/mol. The van der Waals surface area contributed by atoms with Gasteiger partial charge in [0.15, 0.2) is 18.4 Å². The van der Waals surface area contributed by atoms with E-state index in [0.717, 1.165) is 38.5 Å². The topological polar surface area (TPSA) is 208 Å². The lowest BCUT2D eigenvalue weighted by molar-refractivity contribution is -0.390. The number of carbonyl (C=O) groups is 4. The highest BCUT2D eigenvalue weighted by atomic mass is 16.8. The molecule has 15 atom stereocenters. The number of amides is 3. The predicted octanol–water partition coefficient (Wildman–Crippen LogP) is 5.62. The van der Waals surface area contributed by atoms with E-state index in [1.54, 1.807) is 48.5 Å². The second kappa shape index (κ2) is 21.0. The first-order chi connectivity index (χ1) is 29.0. The van der Waals surface area contributed by atoms with Crippen molar-refractivity contribution < 1.29 is 66.9 Å². The van der Waals surface area contributed by atoms with Crippen LogP contribution >= 0.6 is 0 Å². The number of rotatable bonds is 12. The SMILES string of the molecule is CCC[C@H](C)C(=O)N[C@@H]1C(OC(C)=O)[C@H](NC(=O)OC(C)(C)C)C(O[C@H]2OC(CNC(=O)OC(C)(C)C)CCC2C)C(O)[C@H]1O[C@H]1OC2COC3(CCCCC3)O[C@H]2[C@H](C)C1C. The second-order valence-corrected chi connectivity index (χ2v) is 20.4. The number of nitrogens with one attached hydrogen (secondary N) is 3. The summed E-state index contributed by atoms with van der Waals surface area (Å²) in [5, 5.41) is 21.3. The first kappa shape index (κ1) is 50.2. The summed E-state index contributed by atoms with van der Waals surface area (Å²) in [7, 11) is 0. The molecule has 17 heteroatoms. The molecule has 17 nitrogen and oxygen atoms in total. The summed E-state index contributed by atoms with van der Waals surface area (Å²) < 4.78 is 56.9. The van der Waals surface area contributed by atoms with Crippen molar-refractivity contribution in [3.8, 4) is 0 Å². The summed E-state index contributed by atoms with van der Waals surface area (Å²) in [6.45, 7) is 21.9. The average Bonchev–Trinajstić information content (AvgIpc) is 3.17. The van der Waals surface area contributed by atoms with Crippen LogP contribution in [-0.2, 0) is 52.2 Å². The van der Waals surface area contributed by atoms with Crippen LogP contribution in [0.1, 0.15) is 141 Å². The number of carbonyl (C=O) groups excluding carboxylic acids is 4. The molecule has 3 amide bonds. The molecule has 5 rings (SSSR count). The Morgan fingerprint density at radius 1 is 0.806 bits per heavy atom. The Morgan fingerprint density at radius 2 is 1.42 bits per heavy atom. The normalized spacial score (nSPS) is 36.7. The largest absolute Gasteiger partial charge is 0.458 e. The van der Waals surface area contributed by atoms with Gasteiger partial charge in [0, 0.05) is 44.1 Å². The Kier molecular flexibility index (Phi) is 17.0. The van der Waals surface area contributed by atoms with Crippen LogP contribution < -0.4 is 16.0 Å². The standard InChI is InChI=1S/C45H77N3O14/c1-13-17-24(2)38(51)47-31-35(55-28(6)49)32(48-42(53)62-44(10,11)12)37(58-39-25(3)18-19-29(56-39)22-46-41(52)61-43(7,8)9)33(50)36(31)59-40-27(5)26(4)34-30(57-40)23-54-45(60-34)20-15-14-16-21-45/h24-27,29-37,39-40,50H,13-23H2,1-12H3,(H,46,52)(H,47,51)(H,48,53)/t24-,25?,26+,27?,29?,30?,31+,32-,33?,34-,35?,36-,37?,39+,40+/m0/s1. The molecule has 0 aromatic carbocycles. The number of ether oxygens (including phenoxy) is 9. The van der Waals surface area contributed by atoms with Crippen LogP contribution in [0.15, 0.2) is 0 Å². The number of esters is 1. The fraction of sp³-hybridized carbons (Fsp3) is 0.911. The fourth-order valence-corrected chi connectivity index (χ4v) is 9.24. The third-order valence-electron chi connectivity index (χ3n) is 12.7. The number of alkyl carbamates (subject to hydrolysis) is 2. The van der Waals surface area contributed by atoms with E-state index in [1.807, 2.05) is 20.8 Å². The Labute approximate surface area is 368 Å². The lowest BCUT2D eigenvalue weighted by Crippen LogP contribution is -2.75. The summed E-state index contributed by atoms with van der Waals surface area (Å²) in [5.74, 6) is -2.66. The molecule has 0 aromatic heterocycles. The Hall–Kier alpha value is -2.80. The lowest BCUT2D eigenvalue weighted by Gasteiger charge is -2.54. The molecule has 5 fully saturated rings. The second-order valence-electron chi connectivity index (χ2n) is 20.4. The van der Waals surface area contributed by atoms with E-state index in [2.05, 4.69) is 22.9 Å². The maximum atomic E-state index is 14.0. The number of aliphatic hydroxyl groups excluding tert-OH is 1. The van der Waals surface area contributed by atoms with Crippen molar-refractivity contribution in [3.63, 3.8) is 0 Å². The molecule has 3 aliphatic heterocycles. The van der Waals surface area contributed by atoms with Gasteiger partial charge < -0.3 is 63.7 Å². The smallest absolute Gasteiger partial charge is 0.408 e. The summed E-state index contributed by atoms with van der Waals surface area (Å²) in [5.41, 5.74) is -1.61. The third kappa shape index (κ3) is 13.2. The molecule has 0 bridgehead atoms. The van der Waals surface area contributed by atoms with E-state index in [1.165, 1.54) is 6.92 Å². The van der Waals surface area contributed by atoms with Gasteiger partial charge in [0.25, 0.3) is 0 Å². The van der Waals surface area contributed by atoms with Gasteiger partial charge in [0.05, 0.1) is 24.9 Å². The maximum absolute atomic E-state index is 14.0. The molecule has 4 N–H and O–H groups in total. The Bertz CT molecular complexity index is 1510. The van der Waals surface area contributed by atoms with Gasteiger partial charge in [-0.05, 0) is 79.6 Å². The number of hydrogen-bond donors (Lipinski definition) is 4. The number of aliphatic hydroxyl groups is 1. The van der Waals surface area contributed by atoms with E-state index >= 15 is 0 Å². The van der Waals surface area contributed by atoms with Crippen LogP contribution in [0.2, 0.25) is 0 Å². The summed E-state index contributed by atoms with van der Waals surface area (Å²) in [4.78, 5) is 53.2. The highest BCUT2D eigenvalue weighted by Gasteiger charge is 2.58. The van der Waals surface area contributed by atoms with Gasteiger partial charge in [-0.3, -0.25) is 9.59 Å². The highest BCUT2D eigenvalue weighted by molar-refractivity contribution is 5.79. The van der Waals surface area contributed by atoms with Gasteiger partial charge in [-0.25, -0.2) is 9.59 Å². The first-order valence-electron chi connectivity index (χ1n) is 23.1. The van der Waals surface area contributed by atoms with Gasteiger partial charge >= 0.3 is 18.2 Å². The highest BCUT2D eigenvalue weighted by Crippen LogP contribution is 2.45. The van der Waals surface area contributed by atoms with Crippen LogP contribution in [0, 0.1) is 23.7 Å². The van der Waals surface area contributed by atoms with Gasteiger partial charge in [-0.1, -0.05) is 47.5 Å². The average molecular weight is 884 g/mol. The van der Waals surface area contributed by atoms with Crippen LogP contribution in [0.4, 0.5) is 9.59 Å². The predicted molar refractivity (Wildman–Crippen MR) is 225 cm³/mol. The van der Waals surface area contributed by atoms with E-state index < -0.39 is 102 Å². The van der Waals surface area contributed by atoms with Crippen molar-refractivity contribution in [2.45, 2.75) is 225 Å². The maximum Gasteiger partial charge on any atom is 0.408 e. The molecule has 2 aliphatic carbocycles. The third-order valence-corrected chi connectivity index (χ3v) is 12.7. The summed E-state index contributed by atoms with van der Waals surface area (Å²) >= 11 is 0. The molecule has 0 radical (unpaired) electrons. The summed E-state index contributed by atoms with van der Waals surface area (Å²) in [6, 6.07) is -2.49. The van der Waals surface area contributed by atoms with Crippen LogP contribution in [0.25, 0.3) is 0 Å². The van der Waals surface area contributed by atoms with Gasteiger partial charge in [-0.15, -0.1) is 0 Å². The Balaban J connectivity index is 1.49. The lowest BCUT2D eigenvalue weighted by atomic mass is 9.79. The molecule has 7 unspecified atom stereocenters. The quantitative estimate of drug-likeness (QED) is 0.139. The Morgan fingerprint density at radius 3 is 2.03 bits per heavy atom. The molecule has 3 saturated heterocycles. The number of fused-ring (bicyclic) bond motifs is 1. The van der Waals surface area contributed by atoms with Crippen LogP contribution in [0.5, 0.6) is 0 Å². The van der Waals surface area contributed by atoms with E-state index in [-0.39, 0.29) is 36.3 Å². The zero-order valence-electron chi connectivity index (χ0n) is 39.2. The van der Waals surface area contributed by atoms with Crippen LogP contribution in [-0.4, -0.2) is 127 Å².